The van der Waals surface area contributed by atoms with Crippen LogP contribution in [0, 0.1) is 0 Å². The molecule has 2 rings (SSSR count). The van der Waals surface area contributed by atoms with Crippen LogP contribution in [0.5, 0.6) is 0 Å². The number of aromatic nitrogens is 2. The molecule has 1 fully saturated rings. The number of halogens is 1. The van der Waals surface area contributed by atoms with E-state index in [-0.39, 0.29) is 5.82 Å². The number of hydrogen-bond acceptors (Lipinski definition) is 5. The van der Waals surface area contributed by atoms with Gasteiger partial charge in [-0.05, 0) is 18.9 Å². The van der Waals surface area contributed by atoms with Crippen molar-refractivity contribution in [2.45, 2.75) is 30.7 Å². The van der Waals surface area contributed by atoms with Crippen molar-refractivity contribution in [2.75, 3.05) is 5.73 Å². The first-order valence-electron chi connectivity index (χ1n) is 4.90. The zero-order valence-corrected chi connectivity index (χ0v) is 9.17. The fourth-order valence-electron chi connectivity index (χ4n) is 1.70. The van der Waals surface area contributed by atoms with Crippen molar-refractivity contribution in [1.29, 1.82) is 0 Å². The van der Waals surface area contributed by atoms with E-state index in [1.165, 1.54) is 16.8 Å². The number of aliphatic hydroxyl groups excluding tert-OH is 1. The Bertz CT molecular complexity index is 434. The van der Waals surface area contributed by atoms with Crippen molar-refractivity contribution in [3.05, 3.63) is 22.7 Å². The number of anilines is 1. The Balaban J connectivity index is 2.18. The molecule has 1 aromatic rings. The quantitative estimate of drug-likeness (QED) is 0.719. The van der Waals surface area contributed by atoms with Crippen LogP contribution in [0.2, 0.25) is 0 Å². The molecule has 0 bridgehead atoms. The van der Waals surface area contributed by atoms with Gasteiger partial charge in [-0.3, -0.25) is 4.57 Å². The lowest BCUT2D eigenvalue weighted by atomic mass is 10.2. The molecule has 2 heterocycles. The highest BCUT2D eigenvalue weighted by molar-refractivity contribution is 6.19. The average Bonchev–Trinajstić information content (AvgIpc) is 2.66. The van der Waals surface area contributed by atoms with Gasteiger partial charge in [0, 0.05) is 6.20 Å². The summed E-state index contributed by atoms with van der Waals surface area (Å²) in [6, 6.07) is 1.52. The van der Waals surface area contributed by atoms with Crippen LogP contribution < -0.4 is 11.4 Å². The first-order valence-corrected chi connectivity index (χ1v) is 5.34. The molecule has 1 aromatic heterocycles. The average molecular weight is 246 g/mol. The van der Waals surface area contributed by atoms with Crippen molar-refractivity contribution >= 4 is 17.4 Å². The molecule has 3 N–H and O–H groups in total. The van der Waals surface area contributed by atoms with E-state index in [0.29, 0.717) is 12.8 Å². The Kier molecular flexibility index (Phi) is 3.13. The number of hydrogen-bond donors (Lipinski definition) is 2. The maximum absolute atomic E-state index is 11.5. The number of nitrogen functional groups attached to an aromatic ring is 1. The van der Waals surface area contributed by atoms with Gasteiger partial charge in [0.05, 0.1) is 0 Å². The number of nitrogens with zero attached hydrogens (tertiary/aromatic N) is 2. The monoisotopic (exact) mass is 245 g/mol. The van der Waals surface area contributed by atoms with Crippen LogP contribution in [0.3, 0.4) is 0 Å². The van der Waals surface area contributed by atoms with Crippen LogP contribution in [-0.2, 0) is 4.74 Å². The lowest BCUT2D eigenvalue weighted by Crippen LogP contribution is -2.28. The molecule has 0 aromatic carbocycles. The molecular formula is C9H12ClN3O3. The maximum atomic E-state index is 11.5. The molecule has 0 saturated carbocycles. The van der Waals surface area contributed by atoms with Gasteiger partial charge < -0.3 is 15.6 Å². The van der Waals surface area contributed by atoms with E-state index in [9.17, 15) is 4.79 Å². The first kappa shape index (κ1) is 11.4. The molecule has 3 atom stereocenters. The molecule has 1 aliphatic rings. The molecule has 0 spiro atoms. The van der Waals surface area contributed by atoms with E-state index >= 15 is 0 Å². The predicted octanol–water partition coefficient (Wildman–Crippen LogP) is 0.0603. The summed E-state index contributed by atoms with van der Waals surface area (Å²) >= 11 is 5.51. The molecule has 6 nitrogen and oxygen atoms in total. The molecule has 0 amide bonds. The Morgan fingerprint density at radius 2 is 2.44 bits per heavy atom. The molecule has 1 aliphatic heterocycles. The molecule has 1 saturated heterocycles. The van der Waals surface area contributed by atoms with Crippen LogP contribution in [0.4, 0.5) is 5.82 Å². The highest BCUT2D eigenvalue weighted by Gasteiger charge is 2.31. The van der Waals surface area contributed by atoms with Crippen LogP contribution in [0.1, 0.15) is 19.1 Å². The van der Waals surface area contributed by atoms with Crippen LogP contribution in [0.15, 0.2) is 17.1 Å². The molecule has 16 heavy (non-hydrogen) atoms. The largest absolute Gasteiger partial charge is 0.383 e. The number of rotatable bonds is 2. The van der Waals surface area contributed by atoms with Gasteiger partial charge >= 0.3 is 5.69 Å². The molecule has 88 valence electrons. The van der Waals surface area contributed by atoms with Crippen molar-refractivity contribution in [3.8, 4) is 0 Å². The second-order valence-electron chi connectivity index (χ2n) is 3.62. The smallest absolute Gasteiger partial charge is 0.351 e. The lowest BCUT2D eigenvalue weighted by molar-refractivity contribution is -0.0364. The van der Waals surface area contributed by atoms with E-state index in [1.54, 1.807) is 0 Å². The zero-order valence-electron chi connectivity index (χ0n) is 8.41. The highest BCUT2D eigenvalue weighted by Crippen LogP contribution is 2.29. The van der Waals surface area contributed by atoms with Crippen LogP contribution >= 0.6 is 11.6 Å². The molecule has 0 unspecified atom stereocenters. The number of alkyl halides is 1. The standard InChI is InChI=1S/C9H12ClN3O3/c10-8(14)5-1-2-7(16-5)13-4-3-6(11)12-9(13)15/h3-5,7-8,14H,1-2H2,(H2,11,12,15)/t5-,7+,8+/m0/s1. The van der Waals surface area contributed by atoms with Gasteiger partial charge in [0.2, 0.25) is 0 Å². The molecular weight excluding hydrogens is 234 g/mol. The van der Waals surface area contributed by atoms with Gasteiger partial charge in [0.25, 0.3) is 0 Å². The minimum Gasteiger partial charge on any atom is -0.383 e. The van der Waals surface area contributed by atoms with Gasteiger partial charge in [-0.2, -0.15) is 4.98 Å². The van der Waals surface area contributed by atoms with E-state index in [2.05, 4.69) is 4.98 Å². The topological polar surface area (TPSA) is 90.4 Å². The normalized spacial score (nSPS) is 26.9. The van der Waals surface area contributed by atoms with Crippen LogP contribution in [0.25, 0.3) is 0 Å². The Morgan fingerprint density at radius 1 is 1.69 bits per heavy atom. The summed E-state index contributed by atoms with van der Waals surface area (Å²) in [5.41, 5.74) is 3.86. The SMILES string of the molecule is Nc1ccn([C@H]2CC[C@@H]([C@@H](O)Cl)O2)c(=O)n1. The Labute approximate surface area is 96.6 Å². The lowest BCUT2D eigenvalue weighted by Gasteiger charge is -2.16. The van der Waals surface area contributed by atoms with E-state index < -0.39 is 23.6 Å². The highest BCUT2D eigenvalue weighted by atomic mass is 35.5. The van der Waals surface area contributed by atoms with Crippen LogP contribution in [-0.4, -0.2) is 26.3 Å². The number of nitrogens with two attached hydrogens (primary N) is 1. The van der Waals surface area contributed by atoms with E-state index in [4.69, 9.17) is 27.2 Å². The minimum absolute atomic E-state index is 0.174. The number of aliphatic hydroxyl groups is 1. The third-order valence-corrected chi connectivity index (χ3v) is 2.78. The summed E-state index contributed by atoms with van der Waals surface area (Å²) in [5, 5.41) is 9.15. The second-order valence-corrected chi connectivity index (χ2v) is 4.07. The fraction of sp³-hybridized carbons (Fsp3) is 0.556. The summed E-state index contributed by atoms with van der Waals surface area (Å²) in [5.74, 6) is 0.174. The number of ether oxygens (including phenoxy) is 1. The van der Waals surface area contributed by atoms with E-state index in [1.807, 2.05) is 0 Å². The summed E-state index contributed by atoms with van der Waals surface area (Å²) in [7, 11) is 0. The van der Waals surface area contributed by atoms with Crippen molar-refractivity contribution < 1.29 is 9.84 Å². The second kappa shape index (κ2) is 4.40. The van der Waals surface area contributed by atoms with Gasteiger partial charge in [-0.25, -0.2) is 4.79 Å². The van der Waals surface area contributed by atoms with Crippen molar-refractivity contribution in [2.24, 2.45) is 0 Å². The minimum atomic E-state index is -1.05. The maximum Gasteiger partial charge on any atom is 0.351 e. The van der Waals surface area contributed by atoms with Gasteiger partial charge in [-0.1, -0.05) is 11.6 Å². The summed E-state index contributed by atoms with van der Waals surface area (Å²) in [6.45, 7) is 0. The summed E-state index contributed by atoms with van der Waals surface area (Å²) in [4.78, 5) is 15.1. The predicted molar refractivity (Wildman–Crippen MR) is 57.9 cm³/mol. The zero-order chi connectivity index (χ0) is 11.7. The van der Waals surface area contributed by atoms with Gasteiger partial charge in [0.15, 0.2) is 5.56 Å². The Hall–Kier alpha value is -1.11. The van der Waals surface area contributed by atoms with Crippen molar-refractivity contribution in [1.82, 2.24) is 9.55 Å². The third kappa shape index (κ3) is 2.18. The first-order chi connectivity index (χ1) is 7.58. The van der Waals surface area contributed by atoms with Gasteiger partial charge in [-0.15, -0.1) is 0 Å². The third-order valence-electron chi connectivity index (χ3n) is 2.50. The molecule has 0 radical (unpaired) electrons. The Morgan fingerprint density at radius 3 is 3.00 bits per heavy atom. The molecule has 0 aliphatic carbocycles. The molecule has 7 heteroatoms. The summed E-state index contributed by atoms with van der Waals surface area (Å²) < 4.78 is 6.77. The van der Waals surface area contributed by atoms with E-state index in [0.717, 1.165) is 0 Å². The van der Waals surface area contributed by atoms with Gasteiger partial charge in [0.1, 0.15) is 18.1 Å². The summed E-state index contributed by atoms with van der Waals surface area (Å²) in [6.07, 6.45) is 1.86. The van der Waals surface area contributed by atoms with Crippen molar-refractivity contribution in [3.63, 3.8) is 0 Å². The fourth-order valence-corrected chi connectivity index (χ4v) is 1.88.